The number of ether oxygens (including phenoxy) is 1. The van der Waals surface area contributed by atoms with Crippen LogP contribution in [0.4, 0.5) is 0 Å². The maximum Gasteiger partial charge on any atom is 0.331 e. The van der Waals surface area contributed by atoms with E-state index < -0.39 is 0 Å². The minimum absolute atomic E-state index is 0.161. The first-order valence-electron chi connectivity index (χ1n) is 7.12. The molecule has 0 aromatic carbocycles. The number of esters is 1. The summed E-state index contributed by atoms with van der Waals surface area (Å²) in [5.74, 6) is 2.24. The Bertz CT molecular complexity index is 495. The van der Waals surface area contributed by atoms with Crippen LogP contribution in [0.3, 0.4) is 0 Å². The smallest absolute Gasteiger partial charge is 0.331 e. The number of cyclic esters (lactones) is 1. The number of hydrogen-bond acceptors (Lipinski definition) is 2. The Labute approximate surface area is 107 Å². The van der Waals surface area contributed by atoms with Crippen LogP contribution in [0.5, 0.6) is 0 Å². The lowest BCUT2D eigenvalue weighted by Gasteiger charge is -2.38. The zero-order valence-electron chi connectivity index (χ0n) is 10.5. The summed E-state index contributed by atoms with van der Waals surface area (Å²) >= 11 is 0. The maximum absolute atomic E-state index is 11.3. The van der Waals surface area contributed by atoms with Crippen molar-refractivity contribution in [2.24, 2.45) is 17.8 Å². The molecule has 0 aromatic rings. The number of rotatable bonds is 0. The summed E-state index contributed by atoms with van der Waals surface area (Å²) in [6, 6.07) is 0. The normalized spacial score (nSPS) is 37.7. The van der Waals surface area contributed by atoms with Crippen LogP contribution in [0.2, 0.25) is 0 Å². The van der Waals surface area contributed by atoms with Crippen molar-refractivity contribution in [3.05, 3.63) is 34.9 Å². The van der Waals surface area contributed by atoms with Crippen LogP contribution in [0.15, 0.2) is 34.9 Å². The number of allylic oxidation sites excluding steroid dienone is 3. The highest BCUT2D eigenvalue weighted by Crippen LogP contribution is 2.50. The lowest BCUT2D eigenvalue weighted by atomic mass is 9.67. The minimum atomic E-state index is -0.161. The molecule has 0 spiro atoms. The summed E-state index contributed by atoms with van der Waals surface area (Å²) in [5.41, 5.74) is 4.02. The van der Waals surface area contributed by atoms with E-state index in [1.807, 2.05) is 0 Å². The average Bonchev–Trinajstić information content (AvgIpc) is 2.86. The first kappa shape index (κ1) is 10.6. The highest BCUT2D eigenvalue weighted by Gasteiger charge is 2.40. The number of carbonyl (C=O) groups is 1. The second-order valence-corrected chi connectivity index (χ2v) is 5.97. The molecule has 0 radical (unpaired) electrons. The Morgan fingerprint density at radius 3 is 3.11 bits per heavy atom. The van der Waals surface area contributed by atoms with Gasteiger partial charge >= 0.3 is 5.97 Å². The molecular formula is C16H18O2. The zero-order chi connectivity index (χ0) is 12.1. The Morgan fingerprint density at radius 2 is 2.17 bits per heavy atom. The molecule has 0 aromatic heterocycles. The van der Waals surface area contributed by atoms with E-state index >= 15 is 0 Å². The molecule has 2 nitrogen and oxygen atoms in total. The lowest BCUT2D eigenvalue weighted by molar-refractivity contribution is -0.137. The van der Waals surface area contributed by atoms with E-state index in [9.17, 15) is 4.79 Å². The predicted molar refractivity (Wildman–Crippen MR) is 68.8 cm³/mol. The second-order valence-electron chi connectivity index (χ2n) is 5.97. The van der Waals surface area contributed by atoms with Gasteiger partial charge in [-0.2, -0.15) is 0 Å². The maximum atomic E-state index is 11.3. The van der Waals surface area contributed by atoms with E-state index in [4.69, 9.17) is 4.74 Å². The van der Waals surface area contributed by atoms with E-state index in [2.05, 4.69) is 12.2 Å². The topological polar surface area (TPSA) is 26.3 Å². The molecule has 3 atom stereocenters. The molecule has 0 bridgehead atoms. The Balaban J connectivity index is 1.80. The summed E-state index contributed by atoms with van der Waals surface area (Å²) in [4.78, 5) is 11.3. The van der Waals surface area contributed by atoms with Gasteiger partial charge in [-0.05, 0) is 60.2 Å². The number of hydrogen-bond donors (Lipinski definition) is 0. The summed E-state index contributed by atoms with van der Waals surface area (Å²) in [5, 5.41) is 0. The third-order valence-electron chi connectivity index (χ3n) is 5.18. The standard InChI is InChI=1S/C16H18O2/c17-16-8-11-5-7-13-12-3-1-2-10(12)4-6-14(13)15(11)9-18-16/h4,6,8,10,12-13H,1-3,5,7,9H2/t10-,12+,13-/m0/s1. The monoisotopic (exact) mass is 242 g/mol. The lowest BCUT2D eigenvalue weighted by Crippen LogP contribution is -2.29. The van der Waals surface area contributed by atoms with Crippen molar-refractivity contribution in [3.8, 4) is 0 Å². The van der Waals surface area contributed by atoms with Crippen molar-refractivity contribution in [3.63, 3.8) is 0 Å². The first-order chi connectivity index (χ1) is 8.83. The van der Waals surface area contributed by atoms with Crippen molar-refractivity contribution in [1.82, 2.24) is 0 Å². The van der Waals surface area contributed by atoms with Crippen molar-refractivity contribution in [2.45, 2.75) is 32.1 Å². The van der Waals surface area contributed by atoms with E-state index in [0.29, 0.717) is 6.61 Å². The molecule has 4 rings (SSSR count). The molecule has 4 aliphatic rings. The molecule has 1 saturated carbocycles. The van der Waals surface area contributed by atoms with E-state index in [-0.39, 0.29) is 5.97 Å². The fraction of sp³-hybridized carbons (Fsp3) is 0.562. The van der Waals surface area contributed by atoms with Gasteiger partial charge in [0.1, 0.15) is 6.61 Å². The third kappa shape index (κ3) is 1.44. The molecule has 1 fully saturated rings. The second kappa shape index (κ2) is 3.84. The van der Waals surface area contributed by atoms with Gasteiger partial charge in [-0.15, -0.1) is 0 Å². The van der Waals surface area contributed by atoms with Gasteiger partial charge in [0.05, 0.1) is 0 Å². The van der Waals surface area contributed by atoms with E-state index in [1.165, 1.54) is 42.4 Å². The Morgan fingerprint density at radius 1 is 1.22 bits per heavy atom. The molecule has 94 valence electrons. The van der Waals surface area contributed by atoms with Crippen molar-refractivity contribution in [1.29, 1.82) is 0 Å². The molecule has 0 N–H and O–H groups in total. The van der Waals surface area contributed by atoms with Crippen LogP contribution in [-0.4, -0.2) is 12.6 Å². The molecular weight excluding hydrogens is 224 g/mol. The van der Waals surface area contributed by atoms with Crippen LogP contribution in [0.25, 0.3) is 0 Å². The largest absolute Gasteiger partial charge is 0.458 e. The van der Waals surface area contributed by atoms with Gasteiger partial charge in [0.2, 0.25) is 0 Å². The third-order valence-corrected chi connectivity index (χ3v) is 5.18. The summed E-state index contributed by atoms with van der Waals surface area (Å²) < 4.78 is 5.20. The summed E-state index contributed by atoms with van der Waals surface area (Å²) in [6.45, 7) is 0.498. The molecule has 0 amide bonds. The highest BCUT2D eigenvalue weighted by molar-refractivity contribution is 5.85. The molecule has 1 aliphatic heterocycles. The average molecular weight is 242 g/mol. The molecule has 18 heavy (non-hydrogen) atoms. The van der Waals surface area contributed by atoms with Crippen molar-refractivity contribution < 1.29 is 9.53 Å². The van der Waals surface area contributed by atoms with Crippen molar-refractivity contribution >= 4 is 5.97 Å². The molecule has 1 heterocycles. The Kier molecular flexibility index (Phi) is 2.26. The van der Waals surface area contributed by atoms with Crippen LogP contribution in [0.1, 0.15) is 32.1 Å². The van der Waals surface area contributed by atoms with E-state index in [1.54, 1.807) is 6.08 Å². The molecule has 3 aliphatic carbocycles. The van der Waals surface area contributed by atoms with Gasteiger partial charge in [-0.3, -0.25) is 0 Å². The van der Waals surface area contributed by atoms with Gasteiger partial charge in [0.25, 0.3) is 0 Å². The number of carbonyl (C=O) groups excluding carboxylic acids is 1. The predicted octanol–water partition coefficient (Wildman–Crippen LogP) is 3.16. The van der Waals surface area contributed by atoms with Gasteiger partial charge < -0.3 is 4.74 Å². The summed E-state index contributed by atoms with van der Waals surface area (Å²) in [7, 11) is 0. The molecule has 0 saturated heterocycles. The highest BCUT2D eigenvalue weighted by atomic mass is 16.5. The molecule has 2 heteroatoms. The van der Waals surface area contributed by atoms with Gasteiger partial charge in [0.15, 0.2) is 0 Å². The first-order valence-corrected chi connectivity index (χ1v) is 7.12. The number of fused-ring (bicyclic) bond motifs is 4. The fourth-order valence-corrected chi connectivity index (χ4v) is 4.34. The summed E-state index contributed by atoms with van der Waals surface area (Å²) in [6.07, 6.45) is 12.9. The molecule has 0 unspecified atom stereocenters. The minimum Gasteiger partial charge on any atom is -0.458 e. The van der Waals surface area contributed by atoms with Gasteiger partial charge in [-0.1, -0.05) is 18.6 Å². The quantitative estimate of drug-likeness (QED) is 0.610. The zero-order valence-corrected chi connectivity index (χ0v) is 10.5. The van der Waals surface area contributed by atoms with Crippen LogP contribution >= 0.6 is 0 Å². The van der Waals surface area contributed by atoms with Crippen LogP contribution < -0.4 is 0 Å². The Hall–Kier alpha value is -1.31. The van der Waals surface area contributed by atoms with Crippen LogP contribution in [-0.2, 0) is 9.53 Å². The van der Waals surface area contributed by atoms with Gasteiger partial charge in [0, 0.05) is 6.08 Å². The van der Waals surface area contributed by atoms with Crippen molar-refractivity contribution in [2.75, 3.05) is 6.61 Å². The fourth-order valence-electron chi connectivity index (χ4n) is 4.34. The van der Waals surface area contributed by atoms with E-state index in [0.717, 1.165) is 24.2 Å². The van der Waals surface area contributed by atoms with Crippen LogP contribution in [0, 0.1) is 17.8 Å². The van der Waals surface area contributed by atoms with Gasteiger partial charge in [-0.25, -0.2) is 4.79 Å². The SMILES string of the molecule is O=C1C=C2CC[C@@H]3C(=C2CO1)C=C[C@@H]1CCC[C@H]13.